The van der Waals surface area contributed by atoms with Gasteiger partial charge in [0.1, 0.15) is 12.4 Å². The highest BCUT2D eigenvalue weighted by Gasteiger charge is 2.39. The van der Waals surface area contributed by atoms with E-state index >= 15 is 0 Å². The van der Waals surface area contributed by atoms with Crippen LogP contribution in [0, 0.1) is 11.8 Å². The molecular formula is C25H34ClFO5. The van der Waals surface area contributed by atoms with Gasteiger partial charge in [-0.3, -0.25) is 4.79 Å². The van der Waals surface area contributed by atoms with Crippen LogP contribution in [0.2, 0.25) is 5.02 Å². The summed E-state index contributed by atoms with van der Waals surface area (Å²) in [5.41, 5.74) is 0. The van der Waals surface area contributed by atoms with Gasteiger partial charge < -0.3 is 19.7 Å². The number of hydrogen-bond acceptors (Lipinski definition) is 5. The van der Waals surface area contributed by atoms with E-state index in [0.717, 1.165) is 6.42 Å². The Balaban J connectivity index is 1.78. The van der Waals surface area contributed by atoms with Gasteiger partial charge >= 0.3 is 5.97 Å². The molecule has 0 aliphatic heterocycles. The first-order valence-electron chi connectivity index (χ1n) is 11.2. The molecule has 32 heavy (non-hydrogen) atoms. The van der Waals surface area contributed by atoms with Gasteiger partial charge in [-0.1, -0.05) is 42.0 Å². The van der Waals surface area contributed by atoms with Crippen LogP contribution in [0.4, 0.5) is 4.39 Å². The molecule has 1 aromatic carbocycles. The normalized spacial score (nSPS) is 24.5. The molecule has 1 aliphatic rings. The van der Waals surface area contributed by atoms with Crippen molar-refractivity contribution in [1.82, 2.24) is 0 Å². The Labute approximate surface area is 194 Å². The molecule has 0 aromatic heterocycles. The fraction of sp³-hybridized carbons (Fsp3) is 0.560. The van der Waals surface area contributed by atoms with Crippen molar-refractivity contribution < 1.29 is 28.9 Å². The highest BCUT2D eigenvalue weighted by molar-refractivity contribution is 6.30. The zero-order chi connectivity index (χ0) is 23.5. The molecule has 2 rings (SSSR count). The number of ether oxygens (including phenoxy) is 2. The predicted molar refractivity (Wildman–Crippen MR) is 123 cm³/mol. The van der Waals surface area contributed by atoms with Crippen LogP contribution in [0.25, 0.3) is 0 Å². The molecule has 5 nitrogen and oxygen atoms in total. The number of carbonyl (C=O) groups is 1. The topological polar surface area (TPSA) is 76.0 Å². The quantitative estimate of drug-likeness (QED) is 0.255. The van der Waals surface area contributed by atoms with Crippen molar-refractivity contribution in [3.05, 3.63) is 53.6 Å². The first-order valence-corrected chi connectivity index (χ1v) is 11.6. The summed E-state index contributed by atoms with van der Waals surface area (Å²) in [6.45, 7) is 3.48. The Kier molecular flexibility index (Phi) is 11.2. The van der Waals surface area contributed by atoms with E-state index in [2.05, 4.69) is 0 Å². The van der Waals surface area contributed by atoms with E-state index in [1.54, 1.807) is 30.3 Å². The van der Waals surface area contributed by atoms with E-state index in [1.165, 1.54) is 6.08 Å². The lowest BCUT2D eigenvalue weighted by molar-refractivity contribution is -0.147. The van der Waals surface area contributed by atoms with Gasteiger partial charge in [0.15, 0.2) is 6.17 Å². The molecule has 0 bridgehead atoms. The Morgan fingerprint density at radius 2 is 2.06 bits per heavy atom. The molecule has 0 heterocycles. The number of esters is 1. The SMILES string of the molecule is CC(C)OC(=O)CCC/C=C\C[C@@H]1[C@@H](/C=C/[C@@H](F)COc2cccc(Cl)c2)[C@H](O)C[C@@H]1O. The molecule has 1 aliphatic carbocycles. The van der Waals surface area contributed by atoms with Gasteiger partial charge in [-0.15, -0.1) is 0 Å². The average Bonchev–Trinajstić information content (AvgIpc) is 2.99. The molecule has 1 aromatic rings. The van der Waals surface area contributed by atoms with E-state index in [9.17, 15) is 19.4 Å². The Hall–Kier alpha value is -1.89. The summed E-state index contributed by atoms with van der Waals surface area (Å²) in [7, 11) is 0. The van der Waals surface area contributed by atoms with Crippen LogP contribution in [0.3, 0.4) is 0 Å². The maximum absolute atomic E-state index is 14.3. The lowest BCUT2D eigenvalue weighted by Crippen LogP contribution is -2.20. The van der Waals surface area contributed by atoms with Gasteiger partial charge in [0.2, 0.25) is 0 Å². The van der Waals surface area contributed by atoms with Gasteiger partial charge in [0, 0.05) is 23.8 Å². The second-order valence-electron chi connectivity index (χ2n) is 8.42. The predicted octanol–water partition coefficient (Wildman–Crippen LogP) is 5.04. The number of benzene rings is 1. The number of halogens is 2. The summed E-state index contributed by atoms with van der Waals surface area (Å²) < 4.78 is 24.8. The van der Waals surface area contributed by atoms with Gasteiger partial charge in [-0.2, -0.15) is 0 Å². The molecule has 0 saturated heterocycles. The second kappa shape index (κ2) is 13.6. The third-order valence-corrected chi connectivity index (χ3v) is 5.59. The number of aliphatic hydroxyl groups excluding tert-OH is 2. The molecule has 178 valence electrons. The zero-order valence-corrected chi connectivity index (χ0v) is 19.5. The molecule has 0 unspecified atom stereocenters. The van der Waals surface area contributed by atoms with Gasteiger partial charge in [0.25, 0.3) is 0 Å². The smallest absolute Gasteiger partial charge is 0.306 e. The maximum Gasteiger partial charge on any atom is 0.306 e. The highest BCUT2D eigenvalue weighted by Crippen LogP contribution is 2.36. The van der Waals surface area contributed by atoms with Crippen molar-refractivity contribution in [3.8, 4) is 5.75 Å². The molecule has 0 spiro atoms. The van der Waals surface area contributed by atoms with Crippen LogP contribution in [0.15, 0.2) is 48.6 Å². The molecule has 1 saturated carbocycles. The van der Waals surface area contributed by atoms with Gasteiger partial charge in [-0.05, 0) is 57.2 Å². The second-order valence-corrected chi connectivity index (χ2v) is 8.86. The summed E-state index contributed by atoms with van der Waals surface area (Å²) in [5.74, 6) is -0.233. The molecule has 1 fully saturated rings. The summed E-state index contributed by atoms with van der Waals surface area (Å²) >= 11 is 5.89. The highest BCUT2D eigenvalue weighted by atomic mass is 35.5. The molecule has 5 atom stereocenters. The van der Waals surface area contributed by atoms with Crippen molar-refractivity contribution in [2.45, 2.75) is 70.4 Å². The molecule has 2 N–H and O–H groups in total. The molecule has 7 heteroatoms. The monoisotopic (exact) mass is 468 g/mol. The molecule has 0 radical (unpaired) electrons. The van der Waals surface area contributed by atoms with Crippen molar-refractivity contribution in [3.63, 3.8) is 0 Å². The number of aliphatic hydroxyl groups is 2. The van der Waals surface area contributed by atoms with E-state index in [-0.39, 0.29) is 36.9 Å². The summed E-state index contributed by atoms with van der Waals surface area (Å²) in [6.07, 6.45) is 6.76. The Morgan fingerprint density at radius 1 is 1.28 bits per heavy atom. The van der Waals surface area contributed by atoms with Crippen molar-refractivity contribution in [2.24, 2.45) is 11.8 Å². The Morgan fingerprint density at radius 3 is 2.78 bits per heavy atom. The minimum Gasteiger partial charge on any atom is -0.490 e. The third-order valence-electron chi connectivity index (χ3n) is 5.36. The Bertz CT molecular complexity index is 766. The average molecular weight is 469 g/mol. The molecule has 0 amide bonds. The van der Waals surface area contributed by atoms with E-state index in [4.69, 9.17) is 21.1 Å². The fourth-order valence-corrected chi connectivity index (χ4v) is 3.98. The van der Waals surface area contributed by atoms with E-state index < -0.39 is 18.4 Å². The first kappa shape index (κ1) is 26.4. The standard InChI is InChI=1S/C25H34ClFO5/c1-17(2)32-25(30)11-6-4-3-5-10-21-22(24(29)15-23(21)28)13-12-19(27)16-31-20-9-7-8-18(26)14-20/h3,5,7-9,12-14,17,19,21-24,28-29H,4,6,10-11,15-16H2,1-2H3/b5-3-,13-12+/t19-,21-,22-,23+,24-/m1/s1. The van der Waals surface area contributed by atoms with E-state index in [0.29, 0.717) is 30.0 Å². The third kappa shape index (κ3) is 9.31. The van der Waals surface area contributed by atoms with E-state index in [1.807, 2.05) is 26.0 Å². The fourth-order valence-electron chi connectivity index (χ4n) is 3.80. The number of hydrogen-bond donors (Lipinski definition) is 2. The van der Waals surface area contributed by atoms with Crippen molar-refractivity contribution in [2.75, 3.05) is 6.61 Å². The number of carbonyl (C=O) groups excluding carboxylic acids is 1. The number of unbranched alkanes of at least 4 members (excludes halogenated alkanes) is 1. The van der Waals surface area contributed by atoms with Crippen LogP contribution in [0.5, 0.6) is 5.75 Å². The minimum atomic E-state index is -1.35. The minimum absolute atomic E-state index is 0.106. The number of allylic oxidation sites excluding steroid dienone is 2. The van der Waals surface area contributed by atoms with Gasteiger partial charge in [-0.25, -0.2) is 4.39 Å². The van der Waals surface area contributed by atoms with Crippen LogP contribution < -0.4 is 4.74 Å². The lowest BCUT2D eigenvalue weighted by atomic mass is 9.89. The zero-order valence-electron chi connectivity index (χ0n) is 18.7. The maximum atomic E-state index is 14.3. The molecular weight excluding hydrogens is 435 g/mol. The lowest BCUT2D eigenvalue weighted by Gasteiger charge is -2.19. The van der Waals surface area contributed by atoms with Crippen molar-refractivity contribution >= 4 is 17.6 Å². The summed E-state index contributed by atoms with van der Waals surface area (Å²) in [4.78, 5) is 11.5. The van der Waals surface area contributed by atoms with Crippen LogP contribution in [-0.2, 0) is 9.53 Å². The van der Waals surface area contributed by atoms with Crippen LogP contribution >= 0.6 is 11.6 Å². The summed E-state index contributed by atoms with van der Waals surface area (Å²) in [6, 6.07) is 6.76. The van der Waals surface area contributed by atoms with Crippen molar-refractivity contribution in [1.29, 1.82) is 0 Å². The number of alkyl halides is 1. The summed E-state index contributed by atoms with van der Waals surface area (Å²) in [5, 5.41) is 21.1. The van der Waals surface area contributed by atoms with Crippen LogP contribution in [-0.4, -0.2) is 47.3 Å². The first-order chi connectivity index (χ1) is 15.3. The van der Waals surface area contributed by atoms with Gasteiger partial charge in [0.05, 0.1) is 18.3 Å². The largest absolute Gasteiger partial charge is 0.490 e. The van der Waals surface area contributed by atoms with Crippen LogP contribution in [0.1, 0.15) is 46.0 Å². The number of rotatable bonds is 12.